The number of sulfonamides is 2. The lowest BCUT2D eigenvalue weighted by molar-refractivity contribution is 0.0982. The average Bonchev–Trinajstić information content (AvgIpc) is 3.11. The molecule has 2 N–H and O–H groups in total. The molecule has 1 saturated carbocycles. The summed E-state index contributed by atoms with van der Waals surface area (Å²) in [6, 6.07) is 11.2. The minimum atomic E-state index is -3.77. The van der Waals surface area contributed by atoms with Gasteiger partial charge in [-0.25, -0.2) is 21.6 Å². The molecule has 196 valence electrons. The molecule has 2 aromatic carbocycles. The first-order chi connectivity index (χ1) is 16.9. The van der Waals surface area contributed by atoms with Crippen LogP contribution in [0.15, 0.2) is 47.4 Å². The van der Waals surface area contributed by atoms with Crippen molar-refractivity contribution in [3.05, 3.63) is 53.6 Å². The van der Waals surface area contributed by atoms with Gasteiger partial charge >= 0.3 is 0 Å². The number of nitrogens with zero attached hydrogens (tertiary/aromatic N) is 1. The van der Waals surface area contributed by atoms with Gasteiger partial charge in [-0.1, -0.05) is 25.3 Å². The minimum absolute atomic E-state index is 0.0563. The molecule has 1 aliphatic carbocycles. The fourth-order valence-electron chi connectivity index (χ4n) is 5.35. The van der Waals surface area contributed by atoms with E-state index >= 15 is 0 Å². The Kier molecular flexibility index (Phi) is 7.76. The summed E-state index contributed by atoms with van der Waals surface area (Å²) in [6.07, 6.45) is 8.07. The highest BCUT2D eigenvalue weighted by Gasteiger charge is 2.45. The molecule has 36 heavy (non-hydrogen) atoms. The van der Waals surface area contributed by atoms with Crippen molar-refractivity contribution in [3.63, 3.8) is 0 Å². The van der Waals surface area contributed by atoms with Crippen LogP contribution in [-0.2, 0) is 25.5 Å². The molecular formula is C25H33N3O5S3. The Hall–Kier alpha value is -2.08. The quantitative estimate of drug-likeness (QED) is 0.514. The van der Waals surface area contributed by atoms with Gasteiger partial charge in [0.15, 0.2) is 0 Å². The molecule has 1 amide bonds. The number of hydrogen-bond acceptors (Lipinski definition) is 6. The lowest BCUT2D eigenvalue weighted by Crippen LogP contribution is -2.38. The fourth-order valence-corrected chi connectivity index (χ4v) is 7.89. The van der Waals surface area contributed by atoms with Gasteiger partial charge in [0.2, 0.25) is 20.0 Å². The second-order valence-electron chi connectivity index (χ2n) is 9.84. The summed E-state index contributed by atoms with van der Waals surface area (Å²) in [4.78, 5) is 15.5. The molecule has 4 rings (SSSR count). The molecule has 0 radical (unpaired) electrons. The third-order valence-corrected chi connectivity index (χ3v) is 9.87. The van der Waals surface area contributed by atoms with E-state index in [1.807, 2.05) is 12.3 Å². The molecule has 1 unspecified atom stereocenters. The number of anilines is 2. The van der Waals surface area contributed by atoms with Gasteiger partial charge in [0.1, 0.15) is 0 Å². The predicted octanol–water partition coefficient (Wildman–Crippen LogP) is 3.95. The first kappa shape index (κ1) is 27.0. The van der Waals surface area contributed by atoms with E-state index in [2.05, 4.69) is 9.44 Å². The number of carbonyl (C=O) groups excluding carboxylic acids is 1. The number of fused-ring (bicyclic) bond motifs is 2. The molecular weight excluding hydrogens is 518 g/mol. The lowest BCUT2D eigenvalue weighted by Gasteiger charge is -2.34. The van der Waals surface area contributed by atoms with Gasteiger partial charge in [-0.05, 0) is 68.0 Å². The molecule has 0 aromatic heterocycles. The summed E-state index contributed by atoms with van der Waals surface area (Å²) in [6.45, 7) is 2.30. The van der Waals surface area contributed by atoms with E-state index in [9.17, 15) is 21.6 Å². The zero-order valence-corrected chi connectivity index (χ0v) is 23.2. The van der Waals surface area contributed by atoms with Crippen molar-refractivity contribution in [2.24, 2.45) is 0 Å². The summed E-state index contributed by atoms with van der Waals surface area (Å²) in [5, 5.41) is 0. The molecule has 1 spiro atoms. The van der Waals surface area contributed by atoms with Crippen LogP contribution < -0.4 is 14.3 Å². The first-order valence-corrected chi connectivity index (χ1v) is 16.8. The van der Waals surface area contributed by atoms with E-state index in [1.165, 1.54) is 12.1 Å². The Morgan fingerprint density at radius 2 is 1.81 bits per heavy atom. The molecule has 1 heterocycles. The summed E-state index contributed by atoms with van der Waals surface area (Å²) < 4.78 is 54.6. The summed E-state index contributed by atoms with van der Waals surface area (Å²) in [5.41, 5.74) is 2.26. The Morgan fingerprint density at radius 3 is 2.47 bits per heavy atom. The summed E-state index contributed by atoms with van der Waals surface area (Å²) in [7, 11) is -7.21. The average molecular weight is 552 g/mol. The number of hydrogen-bond donors (Lipinski definition) is 2. The Morgan fingerprint density at radius 1 is 1.08 bits per heavy atom. The molecule has 2 aromatic rings. The number of thioether (sulfide) groups is 1. The number of benzene rings is 2. The van der Waals surface area contributed by atoms with Gasteiger partial charge in [-0.2, -0.15) is 11.8 Å². The van der Waals surface area contributed by atoms with Crippen molar-refractivity contribution in [1.29, 1.82) is 0 Å². The van der Waals surface area contributed by atoms with Gasteiger partial charge in [-0.3, -0.25) is 9.52 Å². The smallest absolute Gasteiger partial charge is 0.258 e. The second-order valence-corrected chi connectivity index (χ2v) is 14.2. The van der Waals surface area contributed by atoms with Gasteiger partial charge in [-0.15, -0.1) is 0 Å². The van der Waals surface area contributed by atoms with Crippen LogP contribution in [0.25, 0.3) is 0 Å². The van der Waals surface area contributed by atoms with Crippen LogP contribution >= 0.6 is 11.8 Å². The van der Waals surface area contributed by atoms with E-state index in [1.54, 1.807) is 47.9 Å². The van der Waals surface area contributed by atoms with Crippen molar-refractivity contribution >= 4 is 49.1 Å². The zero-order chi connectivity index (χ0) is 26.1. The van der Waals surface area contributed by atoms with Gasteiger partial charge in [0, 0.05) is 40.7 Å². The molecule has 0 saturated heterocycles. The maximum absolute atomic E-state index is 13.7. The largest absolute Gasteiger partial charge is 0.307 e. The van der Waals surface area contributed by atoms with Crippen LogP contribution in [-0.4, -0.2) is 53.6 Å². The molecule has 1 fully saturated rings. The minimum Gasteiger partial charge on any atom is -0.307 e. The Labute approximate surface area is 218 Å². The maximum atomic E-state index is 13.7. The monoisotopic (exact) mass is 551 g/mol. The number of rotatable bonds is 8. The molecule has 1 atom stereocenters. The van der Waals surface area contributed by atoms with Crippen molar-refractivity contribution in [2.75, 3.05) is 34.4 Å². The fraction of sp³-hybridized carbons (Fsp3) is 0.480. The Balaban J connectivity index is 1.68. The highest BCUT2D eigenvalue weighted by atomic mass is 32.2. The van der Waals surface area contributed by atoms with Gasteiger partial charge < -0.3 is 4.90 Å². The summed E-state index contributed by atoms with van der Waals surface area (Å²) in [5.74, 6) is 0.373. The predicted molar refractivity (Wildman–Crippen MR) is 146 cm³/mol. The molecule has 1 aliphatic heterocycles. The highest BCUT2D eigenvalue weighted by molar-refractivity contribution is 7.98. The second kappa shape index (κ2) is 10.4. The third kappa shape index (κ3) is 5.74. The molecule has 0 bridgehead atoms. The van der Waals surface area contributed by atoms with E-state index in [0.717, 1.165) is 49.6 Å². The van der Waals surface area contributed by atoms with Crippen LogP contribution in [0, 0.1) is 0 Å². The van der Waals surface area contributed by atoms with Crippen LogP contribution in [0.2, 0.25) is 0 Å². The first-order valence-electron chi connectivity index (χ1n) is 12.0. The van der Waals surface area contributed by atoms with Crippen LogP contribution in [0.3, 0.4) is 0 Å². The number of amides is 1. The van der Waals surface area contributed by atoms with E-state index in [0.29, 0.717) is 23.5 Å². The third-order valence-electron chi connectivity index (χ3n) is 6.84. The van der Waals surface area contributed by atoms with Crippen LogP contribution in [0.4, 0.5) is 11.4 Å². The lowest BCUT2D eigenvalue weighted by atomic mass is 9.70. The van der Waals surface area contributed by atoms with E-state index in [-0.39, 0.29) is 22.3 Å². The Bertz CT molecular complexity index is 1350. The molecule has 2 aliphatic rings. The van der Waals surface area contributed by atoms with Gasteiger partial charge in [0.05, 0.1) is 11.2 Å². The summed E-state index contributed by atoms with van der Waals surface area (Å²) >= 11 is 1.55. The number of nitrogens with one attached hydrogen (secondary N) is 2. The normalized spacial score (nSPS) is 18.1. The van der Waals surface area contributed by atoms with Crippen LogP contribution in [0.1, 0.15) is 54.9 Å². The van der Waals surface area contributed by atoms with E-state index < -0.39 is 20.0 Å². The number of carbonyl (C=O) groups is 1. The maximum Gasteiger partial charge on any atom is 0.258 e. The van der Waals surface area contributed by atoms with Crippen molar-refractivity contribution in [1.82, 2.24) is 4.72 Å². The molecule has 11 heteroatoms. The standard InChI is InChI=1S/C25H33N3O5S3/c1-18(16-34-2)26-36(32,33)21-9-7-8-19(14-21)24(29)28-17-25(12-5-4-6-13-25)22-15-20(10-11-23(22)28)27-35(3,30)31/h7-11,14-15,18,26-27H,4-6,12-13,16-17H2,1-3H3. The van der Waals surface area contributed by atoms with Gasteiger partial charge in [0.25, 0.3) is 5.91 Å². The van der Waals surface area contributed by atoms with Crippen molar-refractivity contribution in [3.8, 4) is 0 Å². The van der Waals surface area contributed by atoms with Crippen molar-refractivity contribution in [2.45, 2.75) is 55.4 Å². The molecule has 8 nitrogen and oxygen atoms in total. The SMILES string of the molecule is CSCC(C)NS(=O)(=O)c1cccc(C(=O)N2CC3(CCCCC3)c3cc(NS(C)(=O)=O)ccc32)c1. The van der Waals surface area contributed by atoms with E-state index in [4.69, 9.17) is 0 Å². The highest BCUT2D eigenvalue weighted by Crippen LogP contribution is 2.50. The topological polar surface area (TPSA) is 113 Å². The van der Waals surface area contributed by atoms with Crippen LogP contribution in [0.5, 0.6) is 0 Å². The zero-order valence-electron chi connectivity index (χ0n) is 20.8. The van der Waals surface area contributed by atoms with Crippen molar-refractivity contribution < 1.29 is 21.6 Å².